The number of aliphatic hydroxyl groups is 1. The Balaban J connectivity index is 1.95. The molecule has 3 aromatic rings. The quantitative estimate of drug-likeness (QED) is 0.793. The molecule has 3 nitrogen and oxygen atoms in total. The van der Waals surface area contributed by atoms with E-state index in [0.717, 1.165) is 22.0 Å². The van der Waals surface area contributed by atoms with Gasteiger partial charge in [-0.05, 0) is 24.1 Å². The first-order chi connectivity index (χ1) is 10.3. The summed E-state index contributed by atoms with van der Waals surface area (Å²) in [6.45, 7) is 2.38. The van der Waals surface area contributed by atoms with Gasteiger partial charge in [-0.15, -0.1) is 0 Å². The first-order valence-corrected chi connectivity index (χ1v) is 6.95. The van der Waals surface area contributed by atoms with Crippen LogP contribution in [0.2, 0.25) is 0 Å². The number of pyridine rings is 1. The number of hydrogen-bond acceptors (Lipinski definition) is 3. The van der Waals surface area contributed by atoms with Gasteiger partial charge in [-0.25, -0.2) is 4.98 Å². The molecule has 0 unspecified atom stereocenters. The number of aryl methyl sites for hydroxylation is 1. The Morgan fingerprint density at radius 3 is 2.62 bits per heavy atom. The molecule has 0 spiro atoms. The molecule has 21 heavy (non-hydrogen) atoms. The van der Waals surface area contributed by atoms with E-state index < -0.39 is 0 Å². The molecular formula is C18H17NO2. The highest BCUT2D eigenvalue weighted by Crippen LogP contribution is 2.25. The monoisotopic (exact) mass is 279 g/mol. The second-order valence-electron chi connectivity index (χ2n) is 5.03. The summed E-state index contributed by atoms with van der Waals surface area (Å²) in [7, 11) is 0. The van der Waals surface area contributed by atoms with Gasteiger partial charge in [0.15, 0.2) is 0 Å². The minimum Gasteiger partial charge on any atom is -0.473 e. The van der Waals surface area contributed by atoms with Crippen LogP contribution in [0, 0.1) is 6.92 Å². The average Bonchev–Trinajstić information content (AvgIpc) is 2.53. The van der Waals surface area contributed by atoms with Crippen LogP contribution in [0.4, 0.5) is 0 Å². The van der Waals surface area contributed by atoms with Gasteiger partial charge in [-0.3, -0.25) is 0 Å². The molecule has 1 heterocycles. The lowest BCUT2D eigenvalue weighted by Gasteiger charge is -2.11. The topological polar surface area (TPSA) is 42.4 Å². The molecule has 0 aliphatic rings. The minimum absolute atomic E-state index is 0.0823. The zero-order chi connectivity index (χ0) is 14.7. The predicted octanol–water partition coefficient (Wildman–Crippen LogP) is 3.61. The minimum atomic E-state index is -0.0823. The van der Waals surface area contributed by atoms with Crippen molar-refractivity contribution in [3.05, 3.63) is 71.3 Å². The normalized spacial score (nSPS) is 10.8. The predicted molar refractivity (Wildman–Crippen MR) is 83.2 cm³/mol. The Labute approximate surface area is 123 Å². The van der Waals surface area contributed by atoms with Crippen LogP contribution in [0.1, 0.15) is 16.7 Å². The highest BCUT2D eigenvalue weighted by molar-refractivity contribution is 5.83. The third kappa shape index (κ3) is 2.88. The number of benzene rings is 2. The summed E-state index contributed by atoms with van der Waals surface area (Å²) in [5.41, 5.74) is 3.80. The Kier molecular flexibility index (Phi) is 3.84. The van der Waals surface area contributed by atoms with Crippen LogP contribution < -0.4 is 4.74 Å². The molecule has 0 saturated carbocycles. The summed E-state index contributed by atoms with van der Waals surface area (Å²) in [6, 6.07) is 17.9. The van der Waals surface area contributed by atoms with Crippen LogP contribution in [-0.4, -0.2) is 10.1 Å². The Bertz CT molecular complexity index is 754. The molecule has 0 saturated heterocycles. The van der Waals surface area contributed by atoms with Gasteiger partial charge in [0, 0.05) is 10.9 Å². The lowest BCUT2D eigenvalue weighted by Crippen LogP contribution is -2.02. The third-order valence-electron chi connectivity index (χ3n) is 3.48. The fourth-order valence-corrected chi connectivity index (χ4v) is 2.34. The number of hydrogen-bond donors (Lipinski definition) is 1. The molecule has 2 aromatic carbocycles. The SMILES string of the molecule is Cc1cccc2cc(CO)c(OCc3ccccc3)nc12. The Morgan fingerprint density at radius 2 is 1.86 bits per heavy atom. The van der Waals surface area contributed by atoms with E-state index in [2.05, 4.69) is 4.98 Å². The maximum atomic E-state index is 9.52. The fourth-order valence-electron chi connectivity index (χ4n) is 2.34. The highest BCUT2D eigenvalue weighted by atomic mass is 16.5. The van der Waals surface area contributed by atoms with Crippen molar-refractivity contribution in [2.24, 2.45) is 0 Å². The number of para-hydroxylation sites is 1. The summed E-state index contributed by atoms with van der Waals surface area (Å²) < 4.78 is 5.81. The van der Waals surface area contributed by atoms with E-state index in [4.69, 9.17) is 4.74 Å². The highest BCUT2D eigenvalue weighted by Gasteiger charge is 2.09. The number of ether oxygens (including phenoxy) is 1. The van der Waals surface area contributed by atoms with Crippen molar-refractivity contribution in [3.63, 3.8) is 0 Å². The van der Waals surface area contributed by atoms with E-state index in [9.17, 15) is 5.11 Å². The number of aromatic nitrogens is 1. The van der Waals surface area contributed by atoms with Gasteiger partial charge in [-0.2, -0.15) is 0 Å². The molecule has 0 radical (unpaired) electrons. The number of aliphatic hydroxyl groups excluding tert-OH is 1. The number of nitrogens with zero attached hydrogens (tertiary/aromatic N) is 1. The number of fused-ring (bicyclic) bond motifs is 1. The lowest BCUT2D eigenvalue weighted by atomic mass is 10.1. The van der Waals surface area contributed by atoms with E-state index in [1.165, 1.54) is 0 Å². The molecule has 0 aliphatic heterocycles. The van der Waals surface area contributed by atoms with Crippen LogP contribution in [0.25, 0.3) is 10.9 Å². The summed E-state index contributed by atoms with van der Waals surface area (Å²) in [4.78, 5) is 4.58. The van der Waals surface area contributed by atoms with Gasteiger partial charge in [0.25, 0.3) is 0 Å². The van der Waals surface area contributed by atoms with E-state index in [-0.39, 0.29) is 6.61 Å². The third-order valence-corrected chi connectivity index (χ3v) is 3.48. The van der Waals surface area contributed by atoms with Crippen molar-refractivity contribution in [1.82, 2.24) is 4.98 Å². The largest absolute Gasteiger partial charge is 0.473 e. The van der Waals surface area contributed by atoms with Crippen LogP contribution in [0.15, 0.2) is 54.6 Å². The molecule has 0 atom stereocenters. The van der Waals surface area contributed by atoms with Crippen molar-refractivity contribution in [2.45, 2.75) is 20.1 Å². The molecule has 0 amide bonds. The van der Waals surface area contributed by atoms with Crippen molar-refractivity contribution < 1.29 is 9.84 Å². The molecular weight excluding hydrogens is 262 g/mol. The van der Waals surface area contributed by atoms with Crippen LogP contribution >= 0.6 is 0 Å². The van der Waals surface area contributed by atoms with E-state index in [1.807, 2.05) is 61.5 Å². The first-order valence-electron chi connectivity index (χ1n) is 6.95. The van der Waals surface area contributed by atoms with Crippen molar-refractivity contribution in [3.8, 4) is 5.88 Å². The fraction of sp³-hybridized carbons (Fsp3) is 0.167. The summed E-state index contributed by atoms with van der Waals surface area (Å²) in [5.74, 6) is 0.503. The summed E-state index contributed by atoms with van der Waals surface area (Å²) in [6.07, 6.45) is 0. The van der Waals surface area contributed by atoms with Gasteiger partial charge in [0.1, 0.15) is 6.61 Å². The van der Waals surface area contributed by atoms with Gasteiger partial charge in [-0.1, -0.05) is 48.5 Å². The van der Waals surface area contributed by atoms with Gasteiger partial charge in [0.05, 0.1) is 12.1 Å². The van der Waals surface area contributed by atoms with E-state index in [0.29, 0.717) is 18.1 Å². The molecule has 3 rings (SSSR count). The van der Waals surface area contributed by atoms with Gasteiger partial charge >= 0.3 is 0 Å². The van der Waals surface area contributed by atoms with Crippen LogP contribution in [0.3, 0.4) is 0 Å². The van der Waals surface area contributed by atoms with Crippen molar-refractivity contribution in [2.75, 3.05) is 0 Å². The van der Waals surface area contributed by atoms with Crippen molar-refractivity contribution >= 4 is 10.9 Å². The maximum absolute atomic E-state index is 9.52. The zero-order valence-corrected chi connectivity index (χ0v) is 11.9. The Hall–Kier alpha value is -2.39. The number of rotatable bonds is 4. The van der Waals surface area contributed by atoms with Crippen LogP contribution in [-0.2, 0) is 13.2 Å². The summed E-state index contributed by atoms with van der Waals surface area (Å²) >= 11 is 0. The van der Waals surface area contributed by atoms with Gasteiger partial charge in [0.2, 0.25) is 5.88 Å². The Morgan fingerprint density at radius 1 is 1.05 bits per heavy atom. The second kappa shape index (κ2) is 5.94. The van der Waals surface area contributed by atoms with Crippen LogP contribution in [0.5, 0.6) is 5.88 Å². The smallest absolute Gasteiger partial charge is 0.219 e. The molecule has 1 N–H and O–H groups in total. The molecule has 0 bridgehead atoms. The zero-order valence-electron chi connectivity index (χ0n) is 11.9. The van der Waals surface area contributed by atoms with E-state index in [1.54, 1.807) is 0 Å². The average molecular weight is 279 g/mol. The first kappa shape index (κ1) is 13.6. The molecule has 3 heteroatoms. The summed E-state index contributed by atoms with van der Waals surface area (Å²) in [5, 5.41) is 10.5. The molecule has 1 aromatic heterocycles. The lowest BCUT2D eigenvalue weighted by molar-refractivity contribution is 0.253. The standard InChI is InChI=1S/C18H17NO2/c1-13-6-5-9-15-10-16(11-20)18(19-17(13)15)21-12-14-7-3-2-4-8-14/h2-10,20H,11-12H2,1H3. The molecule has 106 valence electrons. The van der Waals surface area contributed by atoms with Gasteiger partial charge < -0.3 is 9.84 Å². The molecule has 0 fully saturated rings. The molecule has 0 aliphatic carbocycles. The van der Waals surface area contributed by atoms with E-state index >= 15 is 0 Å². The maximum Gasteiger partial charge on any atom is 0.219 e. The van der Waals surface area contributed by atoms with Crippen molar-refractivity contribution in [1.29, 1.82) is 0 Å². The second-order valence-corrected chi connectivity index (χ2v) is 5.03.